The van der Waals surface area contributed by atoms with Gasteiger partial charge in [0.1, 0.15) is 0 Å². The monoisotopic (exact) mass is 269 g/mol. The van der Waals surface area contributed by atoms with Gasteiger partial charge in [0.15, 0.2) is 0 Å². The second kappa shape index (κ2) is 8.93. The van der Waals surface area contributed by atoms with E-state index in [4.69, 9.17) is 5.73 Å². The van der Waals surface area contributed by atoms with Crippen LogP contribution in [0.25, 0.3) is 0 Å². The molecule has 1 aliphatic carbocycles. The van der Waals surface area contributed by atoms with Gasteiger partial charge in [-0.15, -0.1) is 0 Å². The van der Waals surface area contributed by atoms with Crippen molar-refractivity contribution in [2.45, 2.75) is 39.5 Å². The molecule has 0 aliphatic heterocycles. The van der Waals surface area contributed by atoms with Crippen LogP contribution in [0.15, 0.2) is 0 Å². The highest BCUT2D eigenvalue weighted by Gasteiger charge is 2.25. The molecule has 19 heavy (non-hydrogen) atoms. The van der Waals surface area contributed by atoms with Crippen molar-refractivity contribution in [3.8, 4) is 0 Å². The lowest BCUT2D eigenvalue weighted by atomic mass is 9.79. The second-order valence-electron chi connectivity index (χ2n) is 7.00. The Morgan fingerprint density at radius 3 is 2.21 bits per heavy atom. The molecule has 2 atom stereocenters. The Bertz CT molecular complexity index is 228. The molecule has 0 heterocycles. The molecule has 1 saturated carbocycles. The SMILES string of the molecule is CC(C)CN(CCN(C)C)CC1CCCCC1CN. The van der Waals surface area contributed by atoms with Gasteiger partial charge in [-0.2, -0.15) is 0 Å². The number of hydrogen-bond acceptors (Lipinski definition) is 3. The number of rotatable bonds is 8. The Labute approximate surface area is 120 Å². The van der Waals surface area contributed by atoms with Crippen molar-refractivity contribution in [1.82, 2.24) is 9.80 Å². The molecule has 0 spiro atoms. The molecule has 0 aromatic rings. The molecule has 0 saturated heterocycles. The van der Waals surface area contributed by atoms with E-state index in [1.807, 2.05) is 0 Å². The lowest BCUT2D eigenvalue weighted by molar-refractivity contribution is 0.136. The summed E-state index contributed by atoms with van der Waals surface area (Å²) in [5.74, 6) is 2.35. The van der Waals surface area contributed by atoms with Crippen molar-refractivity contribution < 1.29 is 0 Å². The predicted octanol–water partition coefficient (Wildman–Crippen LogP) is 2.27. The van der Waals surface area contributed by atoms with Crippen molar-refractivity contribution in [2.24, 2.45) is 23.5 Å². The molecule has 114 valence electrons. The minimum Gasteiger partial charge on any atom is -0.330 e. The standard InChI is InChI=1S/C16H35N3/c1-14(2)12-19(10-9-18(3)4)13-16-8-6-5-7-15(16)11-17/h14-16H,5-13,17H2,1-4H3. The van der Waals surface area contributed by atoms with Crippen molar-refractivity contribution in [3.05, 3.63) is 0 Å². The number of likely N-dealkylation sites (N-methyl/N-ethyl adjacent to an activating group) is 1. The van der Waals surface area contributed by atoms with Crippen molar-refractivity contribution >= 4 is 0 Å². The molecule has 1 fully saturated rings. The Kier molecular flexibility index (Phi) is 7.96. The molecule has 0 bridgehead atoms. The number of hydrogen-bond donors (Lipinski definition) is 1. The van der Waals surface area contributed by atoms with Gasteiger partial charge >= 0.3 is 0 Å². The van der Waals surface area contributed by atoms with Crippen LogP contribution >= 0.6 is 0 Å². The molecular formula is C16H35N3. The summed E-state index contributed by atoms with van der Waals surface area (Å²) in [4.78, 5) is 4.96. The van der Waals surface area contributed by atoms with E-state index in [2.05, 4.69) is 37.7 Å². The van der Waals surface area contributed by atoms with Gasteiger partial charge in [-0.3, -0.25) is 0 Å². The van der Waals surface area contributed by atoms with Crippen LogP contribution in [-0.4, -0.2) is 56.6 Å². The maximum absolute atomic E-state index is 5.97. The molecular weight excluding hydrogens is 234 g/mol. The third-order valence-corrected chi connectivity index (χ3v) is 4.35. The van der Waals surface area contributed by atoms with Gasteiger partial charge in [-0.25, -0.2) is 0 Å². The van der Waals surface area contributed by atoms with Gasteiger partial charge in [0.05, 0.1) is 0 Å². The summed E-state index contributed by atoms with van der Waals surface area (Å²) in [6.45, 7) is 10.4. The fourth-order valence-corrected chi connectivity index (χ4v) is 3.28. The highest BCUT2D eigenvalue weighted by Crippen LogP contribution is 2.30. The summed E-state index contributed by atoms with van der Waals surface area (Å²) in [5, 5.41) is 0. The van der Waals surface area contributed by atoms with Crippen LogP contribution in [0.2, 0.25) is 0 Å². The van der Waals surface area contributed by atoms with Gasteiger partial charge in [-0.05, 0) is 51.2 Å². The van der Waals surface area contributed by atoms with E-state index in [0.29, 0.717) is 0 Å². The largest absolute Gasteiger partial charge is 0.330 e. The smallest absolute Gasteiger partial charge is 0.0109 e. The van der Waals surface area contributed by atoms with Gasteiger partial charge in [0, 0.05) is 26.2 Å². The molecule has 2 unspecified atom stereocenters. The van der Waals surface area contributed by atoms with Crippen LogP contribution in [-0.2, 0) is 0 Å². The van der Waals surface area contributed by atoms with E-state index in [-0.39, 0.29) is 0 Å². The maximum Gasteiger partial charge on any atom is 0.0109 e. The summed E-state index contributed by atoms with van der Waals surface area (Å²) >= 11 is 0. The lowest BCUT2D eigenvalue weighted by Gasteiger charge is -2.36. The highest BCUT2D eigenvalue weighted by molar-refractivity contribution is 4.79. The van der Waals surface area contributed by atoms with Gasteiger partial charge in [0.25, 0.3) is 0 Å². The number of nitrogens with two attached hydrogens (primary N) is 1. The van der Waals surface area contributed by atoms with Crippen LogP contribution in [0.4, 0.5) is 0 Å². The van der Waals surface area contributed by atoms with Crippen molar-refractivity contribution in [3.63, 3.8) is 0 Å². The molecule has 0 aromatic carbocycles. The van der Waals surface area contributed by atoms with E-state index in [0.717, 1.165) is 30.8 Å². The summed E-state index contributed by atoms with van der Waals surface area (Å²) < 4.78 is 0. The average molecular weight is 269 g/mol. The zero-order chi connectivity index (χ0) is 14.3. The topological polar surface area (TPSA) is 32.5 Å². The molecule has 2 N–H and O–H groups in total. The molecule has 1 rings (SSSR count). The van der Waals surface area contributed by atoms with E-state index < -0.39 is 0 Å². The zero-order valence-electron chi connectivity index (χ0n) is 13.6. The van der Waals surface area contributed by atoms with E-state index in [9.17, 15) is 0 Å². The van der Waals surface area contributed by atoms with Crippen LogP contribution < -0.4 is 5.73 Å². The third kappa shape index (κ3) is 6.73. The number of nitrogens with zero attached hydrogens (tertiary/aromatic N) is 2. The minimum absolute atomic E-state index is 0.752. The third-order valence-electron chi connectivity index (χ3n) is 4.35. The van der Waals surface area contributed by atoms with E-state index in [1.54, 1.807) is 0 Å². The summed E-state index contributed by atoms with van der Waals surface area (Å²) in [6, 6.07) is 0. The predicted molar refractivity (Wildman–Crippen MR) is 84.3 cm³/mol. The summed E-state index contributed by atoms with van der Waals surface area (Å²) in [5.41, 5.74) is 5.97. The Balaban J connectivity index is 2.48. The quantitative estimate of drug-likeness (QED) is 0.734. The Morgan fingerprint density at radius 2 is 1.68 bits per heavy atom. The molecule has 1 aliphatic rings. The fourth-order valence-electron chi connectivity index (χ4n) is 3.28. The second-order valence-corrected chi connectivity index (χ2v) is 7.00. The molecule has 3 nitrogen and oxygen atoms in total. The summed E-state index contributed by atoms with van der Waals surface area (Å²) in [7, 11) is 4.33. The first kappa shape index (κ1) is 16.9. The first-order valence-corrected chi connectivity index (χ1v) is 8.10. The van der Waals surface area contributed by atoms with Gasteiger partial charge in [0.2, 0.25) is 0 Å². The summed E-state index contributed by atoms with van der Waals surface area (Å²) in [6.07, 6.45) is 5.54. The highest BCUT2D eigenvalue weighted by atomic mass is 15.2. The Morgan fingerprint density at radius 1 is 1.05 bits per heavy atom. The van der Waals surface area contributed by atoms with E-state index in [1.165, 1.54) is 45.3 Å². The maximum atomic E-state index is 5.97. The van der Waals surface area contributed by atoms with Crippen LogP contribution in [0.3, 0.4) is 0 Å². The average Bonchev–Trinajstić information content (AvgIpc) is 2.36. The first-order valence-electron chi connectivity index (χ1n) is 8.10. The molecule has 0 aromatic heterocycles. The van der Waals surface area contributed by atoms with Crippen molar-refractivity contribution in [1.29, 1.82) is 0 Å². The van der Waals surface area contributed by atoms with Crippen LogP contribution in [0.1, 0.15) is 39.5 Å². The van der Waals surface area contributed by atoms with Gasteiger partial charge < -0.3 is 15.5 Å². The molecule has 3 heteroatoms. The molecule has 0 radical (unpaired) electrons. The van der Waals surface area contributed by atoms with Crippen LogP contribution in [0, 0.1) is 17.8 Å². The zero-order valence-corrected chi connectivity index (χ0v) is 13.6. The Hall–Kier alpha value is -0.120. The van der Waals surface area contributed by atoms with Gasteiger partial charge in [-0.1, -0.05) is 26.7 Å². The normalized spacial score (nSPS) is 24.6. The van der Waals surface area contributed by atoms with Crippen LogP contribution in [0.5, 0.6) is 0 Å². The first-order chi connectivity index (χ1) is 9.02. The fraction of sp³-hybridized carbons (Fsp3) is 1.00. The minimum atomic E-state index is 0.752. The van der Waals surface area contributed by atoms with Crippen molar-refractivity contribution in [2.75, 3.05) is 46.8 Å². The molecule has 0 amide bonds. The lowest BCUT2D eigenvalue weighted by Crippen LogP contribution is -2.41. The van der Waals surface area contributed by atoms with E-state index >= 15 is 0 Å².